The number of amides is 1. The highest BCUT2D eigenvalue weighted by Gasteiger charge is 2.13. The molecule has 156 valence electrons. The average Bonchev–Trinajstić information content (AvgIpc) is 2.75. The number of para-hydroxylation sites is 1. The fraction of sp³-hybridized carbons (Fsp3) is 0.208. The molecule has 0 aliphatic heterocycles. The van der Waals surface area contributed by atoms with Crippen molar-refractivity contribution < 1.29 is 14.3 Å². The SMILES string of the molecule is CCOc1cc(CNc2ccccc2)c(Cl)cc1OCC(=O)Nc1ccc(C)cc1. The summed E-state index contributed by atoms with van der Waals surface area (Å²) in [6, 6.07) is 21.0. The van der Waals surface area contributed by atoms with Gasteiger partial charge in [-0.25, -0.2) is 0 Å². The van der Waals surface area contributed by atoms with Gasteiger partial charge in [0.15, 0.2) is 18.1 Å². The molecule has 0 atom stereocenters. The van der Waals surface area contributed by atoms with Gasteiger partial charge >= 0.3 is 0 Å². The lowest BCUT2D eigenvalue weighted by Crippen LogP contribution is -2.20. The Hall–Kier alpha value is -3.18. The number of hydrogen-bond donors (Lipinski definition) is 2. The predicted octanol–water partition coefficient (Wildman–Crippen LogP) is 5.68. The fourth-order valence-corrected chi connectivity index (χ4v) is 3.04. The van der Waals surface area contributed by atoms with Crippen LogP contribution in [0.5, 0.6) is 11.5 Å². The third-order valence-electron chi connectivity index (χ3n) is 4.36. The van der Waals surface area contributed by atoms with E-state index in [0.29, 0.717) is 29.7 Å². The highest BCUT2D eigenvalue weighted by Crippen LogP contribution is 2.34. The van der Waals surface area contributed by atoms with Crippen LogP contribution >= 0.6 is 11.6 Å². The number of aryl methyl sites for hydroxylation is 1. The lowest BCUT2D eigenvalue weighted by molar-refractivity contribution is -0.118. The normalized spacial score (nSPS) is 10.4. The smallest absolute Gasteiger partial charge is 0.262 e. The third-order valence-corrected chi connectivity index (χ3v) is 4.72. The first-order chi connectivity index (χ1) is 14.5. The maximum absolute atomic E-state index is 12.2. The van der Waals surface area contributed by atoms with Gasteiger partial charge in [0.05, 0.1) is 6.61 Å². The fourth-order valence-electron chi connectivity index (χ4n) is 2.82. The predicted molar refractivity (Wildman–Crippen MR) is 122 cm³/mol. The number of benzene rings is 3. The zero-order chi connectivity index (χ0) is 21.3. The number of carbonyl (C=O) groups is 1. The number of carbonyl (C=O) groups excluding carboxylic acids is 1. The first kappa shape index (κ1) is 21.5. The second-order valence-corrected chi connectivity index (χ2v) is 7.15. The Kier molecular flexibility index (Phi) is 7.57. The number of ether oxygens (including phenoxy) is 2. The molecule has 0 unspecified atom stereocenters. The van der Waals surface area contributed by atoms with E-state index in [0.717, 1.165) is 22.5 Å². The van der Waals surface area contributed by atoms with Gasteiger partial charge in [-0.15, -0.1) is 0 Å². The monoisotopic (exact) mass is 424 g/mol. The molecular weight excluding hydrogens is 400 g/mol. The van der Waals surface area contributed by atoms with Crippen LogP contribution < -0.4 is 20.1 Å². The van der Waals surface area contributed by atoms with Crippen molar-refractivity contribution in [3.05, 3.63) is 82.9 Å². The van der Waals surface area contributed by atoms with Crippen molar-refractivity contribution in [3.63, 3.8) is 0 Å². The van der Waals surface area contributed by atoms with Gasteiger partial charge in [0, 0.05) is 29.0 Å². The molecule has 1 amide bonds. The van der Waals surface area contributed by atoms with Crippen LogP contribution in [-0.4, -0.2) is 19.1 Å². The molecule has 0 spiro atoms. The molecule has 0 aromatic heterocycles. The lowest BCUT2D eigenvalue weighted by Gasteiger charge is -2.15. The van der Waals surface area contributed by atoms with Crippen molar-refractivity contribution in [1.29, 1.82) is 0 Å². The van der Waals surface area contributed by atoms with Gasteiger partial charge < -0.3 is 20.1 Å². The summed E-state index contributed by atoms with van der Waals surface area (Å²) in [5.74, 6) is 0.728. The molecule has 0 saturated carbocycles. The zero-order valence-electron chi connectivity index (χ0n) is 17.1. The maximum Gasteiger partial charge on any atom is 0.262 e. The Morgan fingerprint density at radius 2 is 1.63 bits per heavy atom. The van der Waals surface area contributed by atoms with E-state index in [1.165, 1.54) is 0 Å². The van der Waals surface area contributed by atoms with Gasteiger partial charge in [0.1, 0.15) is 0 Å². The Labute approximate surface area is 182 Å². The second-order valence-electron chi connectivity index (χ2n) is 6.75. The van der Waals surface area contributed by atoms with Crippen molar-refractivity contribution in [3.8, 4) is 11.5 Å². The minimum atomic E-state index is -0.257. The number of rotatable bonds is 9. The highest BCUT2D eigenvalue weighted by molar-refractivity contribution is 6.31. The first-order valence-corrected chi connectivity index (χ1v) is 10.2. The molecule has 0 radical (unpaired) electrons. The van der Waals surface area contributed by atoms with Crippen molar-refractivity contribution in [2.45, 2.75) is 20.4 Å². The van der Waals surface area contributed by atoms with Gasteiger partial charge in [-0.05, 0) is 49.7 Å². The topological polar surface area (TPSA) is 59.6 Å². The molecule has 0 aliphatic rings. The first-order valence-electron chi connectivity index (χ1n) is 9.78. The Bertz CT molecular complexity index is 976. The molecule has 3 aromatic carbocycles. The molecular formula is C24H25ClN2O3. The van der Waals surface area contributed by atoms with Gasteiger partial charge in [0.2, 0.25) is 0 Å². The van der Waals surface area contributed by atoms with Crippen LogP contribution in [0.15, 0.2) is 66.7 Å². The summed E-state index contributed by atoms with van der Waals surface area (Å²) in [5, 5.41) is 6.67. The molecule has 3 rings (SSSR count). The van der Waals surface area contributed by atoms with Gasteiger partial charge in [-0.3, -0.25) is 4.79 Å². The van der Waals surface area contributed by atoms with Crippen molar-refractivity contribution in [2.24, 2.45) is 0 Å². The second kappa shape index (κ2) is 10.6. The van der Waals surface area contributed by atoms with Crippen LogP contribution in [0, 0.1) is 6.92 Å². The third kappa shape index (κ3) is 6.16. The standard InChI is InChI=1S/C24H25ClN2O3/c1-3-29-22-13-18(15-26-19-7-5-4-6-8-19)21(25)14-23(22)30-16-24(28)27-20-11-9-17(2)10-12-20/h4-14,26H,3,15-16H2,1-2H3,(H,27,28). The molecule has 5 nitrogen and oxygen atoms in total. The number of nitrogens with one attached hydrogen (secondary N) is 2. The molecule has 30 heavy (non-hydrogen) atoms. The number of halogens is 1. The molecule has 0 heterocycles. The van der Waals surface area contributed by atoms with E-state index in [1.54, 1.807) is 6.07 Å². The summed E-state index contributed by atoms with van der Waals surface area (Å²) in [6.45, 7) is 4.75. The van der Waals surface area contributed by atoms with Crippen molar-refractivity contribution >= 4 is 28.9 Å². The molecule has 0 fully saturated rings. The van der Waals surface area contributed by atoms with E-state index in [1.807, 2.05) is 74.5 Å². The summed E-state index contributed by atoms with van der Waals surface area (Å²) in [6.07, 6.45) is 0. The van der Waals surface area contributed by atoms with Crippen LogP contribution in [0.1, 0.15) is 18.1 Å². The summed E-state index contributed by atoms with van der Waals surface area (Å²) < 4.78 is 11.4. The van der Waals surface area contributed by atoms with Crippen LogP contribution in [0.2, 0.25) is 5.02 Å². The van der Waals surface area contributed by atoms with Crippen LogP contribution in [0.25, 0.3) is 0 Å². The molecule has 2 N–H and O–H groups in total. The average molecular weight is 425 g/mol. The molecule has 0 bridgehead atoms. The van der Waals surface area contributed by atoms with Crippen molar-refractivity contribution in [2.75, 3.05) is 23.8 Å². The molecule has 0 saturated heterocycles. The van der Waals surface area contributed by atoms with E-state index < -0.39 is 0 Å². The van der Waals surface area contributed by atoms with Crippen LogP contribution in [0.4, 0.5) is 11.4 Å². The van der Waals surface area contributed by atoms with E-state index in [4.69, 9.17) is 21.1 Å². The minimum Gasteiger partial charge on any atom is -0.490 e. The van der Waals surface area contributed by atoms with Crippen LogP contribution in [0.3, 0.4) is 0 Å². The zero-order valence-corrected chi connectivity index (χ0v) is 17.8. The molecule has 0 aliphatic carbocycles. The van der Waals surface area contributed by atoms with Crippen molar-refractivity contribution in [1.82, 2.24) is 0 Å². The summed E-state index contributed by atoms with van der Waals surface area (Å²) >= 11 is 6.45. The van der Waals surface area contributed by atoms with E-state index in [9.17, 15) is 4.79 Å². The van der Waals surface area contributed by atoms with Crippen LogP contribution in [-0.2, 0) is 11.3 Å². The molecule has 3 aromatic rings. The van der Waals surface area contributed by atoms with E-state index in [-0.39, 0.29) is 12.5 Å². The lowest BCUT2D eigenvalue weighted by atomic mass is 10.2. The van der Waals surface area contributed by atoms with E-state index >= 15 is 0 Å². The highest BCUT2D eigenvalue weighted by atomic mass is 35.5. The maximum atomic E-state index is 12.2. The number of anilines is 2. The quantitative estimate of drug-likeness (QED) is 0.464. The van der Waals surface area contributed by atoms with Gasteiger partial charge in [-0.1, -0.05) is 47.5 Å². The summed E-state index contributed by atoms with van der Waals surface area (Å²) in [5.41, 5.74) is 3.72. The minimum absolute atomic E-state index is 0.147. The summed E-state index contributed by atoms with van der Waals surface area (Å²) in [4.78, 5) is 12.2. The van der Waals surface area contributed by atoms with Gasteiger partial charge in [-0.2, -0.15) is 0 Å². The largest absolute Gasteiger partial charge is 0.490 e. The molecule has 6 heteroatoms. The van der Waals surface area contributed by atoms with Gasteiger partial charge in [0.25, 0.3) is 5.91 Å². The van der Waals surface area contributed by atoms with E-state index in [2.05, 4.69) is 10.6 Å². The number of hydrogen-bond acceptors (Lipinski definition) is 4. The Balaban J connectivity index is 1.65. The summed E-state index contributed by atoms with van der Waals surface area (Å²) in [7, 11) is 0. The Morgan fingerprint density at radius 3 is 2.33 bits per heavy atom. The Morgan fingerprint density at radius 1 is 0.933 bits per heavy atom.